The summed E-state index contributed by atoms with van der Waals surface area (Å²) in [5.74, 6) is -0.521. The quantitative estimate of drug-likeness (QED) is 0.613. The Morgan fingerprint density at radius 3 is 2.71 bits per heavy atom. The van der Waals surface area contributed by atoms with Gasteiger partial charge >= 0.3 is 0 Å². The van der Waals surface area contributed by atoms with Crippen LogP contribution in [-0.2, 0) is 6.54 Å². The minimum absolute atomic E-state index is 0.0598. The standard InChI is InChI=1S/C11H11FN2O.CH4O/c12-11-6-9(2-3-10(11)8-15)7-14-5-1-4-13;1-2/h1-6,8H,7,13H2;2H,1H3/b4-1-,14-5?;. The molecule has 1 aromatic rings. The molecule has 17 heavy (non-hydrogen) atoms. The lowest BCUT2D eigenvalue weighted by Crippen LogP contribution is -1.90. The Balaban J connectivity index is 0.00000121. The summed E-state index contributed by atoms with van der Waals surface area (Å²) in [4.78, 5) is 14.3. The number of hydrogen-bond donors (Lipinski definition) is 2. The van der Waals surface area contributed by atoms with Crippen LogP contribution in [-0.4, -0.2) is 24.7 Å². The van der Waals surface area contributed by atoms with Crippen LogP contribution in [0, 0.1) is 5.82 Å². The zero-order valence-electron chi connectivity index (χ0n) is 9.51. The number of aliphatic hydroxyl groups is 1. The minimum Gasteiger partial charge on any atom is -0.405 e. The molecule has 1 rings (SSSR count). The van der Waals surface area contributed by atoms with Crippen LogP contribution in [0.3, 0.4) is 0 Å². The predicted molar refractivity (Wildman–Crippen MR) is 65.5 cm³/mol. The second kappa shape index (κ2) is 9.23. The summed E-state index contributed by atoms with van der Waals surface area (Å²) in [5.41, 5.74) is 5.87. The SMILES string of the molecule is CO.N/C=C\C=NCc1ccc(C=O)c(F)c1. The molecule has 0 bridgehead atoms. The first-order valence-corrected chi connectivity index (χ1v) is 4.83. The first-order chi connectivity index (χ1) is 8.27. The molecule has 0 saturated heterocycles. The Morgan fingerprint density at radius 2 is 2.18 bits per heavy atom. The molecule has 0 heterocycles. The van der Waals surface area contributed by atoms with Crippen LogP contribution in [0.1, 0.15) is 15.9 Å². The number of carbonyl (C=O) groups is 1. The highest BCUT2D eigenvalue weighted by Crippen LogP contribution is 2.09. The third-order valence-electron chi connectivity index (χ3n) is 1.77. The van der Waals surface area contributed by atoms with E-state index in [1.54, 1.807) is 12.1 Å². The molecule has 0 atom stereocenters. The molecule has 0 spiro atoms. The van der Waals surface area contributed by atoms with Gasteiger partial charge in [0.2, 0.25) is 0 Å². The van der Waals surface area contributed by atoms with Crippen LogP contribution in [0.4, 0.5) is 4.39 Å². The van der Waals surface area contributed by atoms with Gasteiger partial charge in [-0.15, -0.1) is 0 Å². The number of hydrogen-bond acceptors (Lipinski definition) is 4. The molecule has 0 amide bonds. The number of allylic oxidation sites excluding steroid dienone is 1. The van der Waals surface area contributed by atoms with Gasteiger partial charge < -0.3 is 10.8 Å². The molecule has 0 unspecified atom stereocenters. The van der Waals surface area contributed by atoms with Gasteiger partial charge in [0.1, 0.15) is 5.82 Å². The monoisotopic (exact) mass is 238 g/mol. The lowest BCUT2D eigenvalue weighted by Gasteiger charge is -1.98. The van der Waals surface area contributed by atoms with E-state index in [-0.39, 0.29) is 5.56 Å². The van der Waals surface area contributed by atoms with Crippen molar-refractivity contribution in [3.05, 3.63) is 47.4 Å². The molecular formula is C12H15FN2O2. The van der Waals surface area contributed by atoms with Gasteiger partial charge in [0, 0.05) is 13.3 Å². The number of halogens is 1. The zero-order chi connectivity index (χ0) is 13.1. The number of aldehydes is 1. The van der Waals surface area contributed by atoms with Crippen molar-refractivity contribution >= 4 is 12.5 Å². The van der Waals surface area contributed by atoms with Crippen molar-refractivity contribution in [3.8, 4) is 0 Å². The Bertz CT molecular complexity index is 403. The lowest BCUT2D eigenvalue weighted by atomic mass is 10.1. The number of rotatable bonds is 4. The highest BCUT2D eigenvalue weighted by atomic mass is 19.1. The molecule has 0 aliphatic rings. The lowest BCUT2D eigenvalue weighted by molar-refractivity contribution is 0.112. The van der Waals surface area contributed by atoms with Crippen molar-refractivity contribution in [2.75, 3.05) is 7.11 Å². The van der Waals surface area contributed by atoms with Gasteiger partial charge in [-0.1, -0.05) is 6.07 Å². The molecule has 0 radical (unpaired) electrons. The number of aliphatic hydroxyl groups excluding tert-OH is 1. The first kappa shape index (κ1) is 15.0. The Hall–Kier alpha value is -2.01. The van der Waals surface area contributed by atoms with Crippen LogP contribution < -0.4 is 5.73 Å². The molecular weight excluding hydrogens is 223 g/mol. The highest BCUT2D eigenvalue weighted by Gasteiger charge is 2.00. The molecule has 0 aliphatic carbocycles. The van der Waals surface area contributed by atoms with E-state index in [9.17, 15) is 9.18 Å². The van der Waals surface area contributed by atoms with Crippen molar-refractivity contribution in [2.24, 2.45) is 10.7 Å². The molecule has 3 N–H and O–H groups in total. The largest absolute Gasteiger partial charge is 0.405 e. The average Bonchev–Trinajstić information content (AvgIpc) is 2.37. The van der Waals surface area contributed by atoms with E-state index in [1.165, 1.54) is 24.5 Å². The molecule has 5 heteroatoms. The second-order valence-corrected chi connectivity index (χ2v) is 2.85. The van der Waals surface area contributed by atoms with E-state index < -0.39 is 5.82 Å². The maximum absolute atomic E-state index is 13.1. The van der Waals surface area contributed by atoms with E-state index in [1.807, 2.05) is 0 Å². The number of nitrogens with zero attached hydrogens (tertiary/aromatic N) is 1. The summed E-state index contributed by atoms with van der Waals surface area (Å²) in [6.45, 7) is 0.362. The first-order valence-electron chi connectivity index (χ1n) is 4.83. The van der Waals surface area contributed by atoms with Crippen molar-refractivity contribution < 1.29 is 14.3 Å². The fraction of sp³-hybridized carbons (Fsp3) is 0.167. The molecule has 0 saturated carbocycles. The van der Waals surface area contributed by atoms with Gasteiger partial charge in [-0.2, -0.15) is 0 Å². The molecule has 0 aliphatic heterocycles. The van der Waals surface area contributed by atoms with E-state index in [2.05, 4.69) is 4.99 Å². The number of nitrogens with two attached hydrogens (primary N) is 1. The molecule has 1 aromatic carbocycles. The summed E-state index contributed by atoms with van der Waals surface area (Å²) in [5, 5.41) is 7.00. The van der Waals surface area contributed by atoms with Crippen LogP contribution in [0.2, 0.25) is 0 Å². The normalized spacial score (nSPS) is 10.3. The van der Waals surface area contributed by atoms with Crippen LogP contribution in [0.15, 0.2) is 35.5 Å². The third kappa shape index (κ3) is 5.58. The van der Waals surface area contributed by atoms with Crippen LogP contribution in [0.25, 0.3) is 0 Å². The number of carbonyl (C=O) groups excluding carboxylic acids is 1. The van der Waals surface area contributed by atoms with E-state index in [0.717, 1.165) is 7.11 Å². The summed E-state index contributed by atoms with van der Waals surface area (Å²) >= 11 is 0. The minimum atomic E-state index is -0.521. The van der Waals surface area contributed by atoms with E-state index in [0.29, 0.717) is 18.4 Å². The van der Waals surface area contributed by atoms with Crippen molar-refractivity contribution in [2.45, 2.75) is 6.54 Å². The number of benzene rings is 1. The van der Waals surface area contributed by atoms with Gasteiger partial charge in [-0.25, -0.2) is 4.39 Å². The smallest absolute Gasteiger partial charge is 0.152 e. The van der Waals surface area contributed by atoms with Gasteiger partial charge in [0.05, 0.1) is 12.1 Å². The molecule has 4 nitrogen and oxygen atoms in total. The van der Waals surface area contributed by atoms with Gasteiger partial charge in [-0.3, -0.25) is 9.79 Å². The second-order valence-electron chi connectivity index (χ2n) is 2.85. The summed E-state index contributed by atoms with van der Waals surface area (Å²) < 4.78 is 13.1. The molecule has 92 valence electrons. The Morgan fingerprint density at radius 1 is 1.47 bits per heavy atom. The van der Waals surface area contributed by atoms with E-state index in [4.69, 9.17) is 10.8 Å². The zero-order valence-corrected chi connectivity index (χ0v) is 9.51. The summed E-state index contributed by atoms with van der Waals surface area (Å²) in [6, 6.07) is 4.40. The Kier molecular flexibility index (Phi) is 8.14. The van der Waals surface area contributed by atoms with Crippen molar-refractivity contribution in [1.29, 1.82) is 0 Å². The molecule has 0 fully saturated rings. The van der Waals surface area contributed by atoms with Gasteiger partial charge in [-0.05, 0) is 30.0 Å². The van der Waals surface area contributed by atoms with Gasteiger partial charge in [0.25, 0.3) is 0 Å². The maximum Gasteiger partial charge on any atom is 0.152 e. The summed E-state index contributed by atoms with van der Waals surface area (Å²) in [7, 11) is 1.00. The predicted octanol–water partition coefficient (Wildman–Crippen LogP) is 1.29. The fourth-order valence-electron chi connectivity index (χ4n) is 1.03. The third-order valence-corrected chi connectivity index (χ3v) is 1.77. The average molecular weight is 238 g/mol. The van der Waals surface area contributed by atoms with Crippen LogP contribution >= 0.6 is 0 Å². The fourth-order valence-corrected chi connectivity index (χ4v) is 1.03. The summed E-state index contributed by atoms with van der Waals surface area (Å²) in [6.07, 6.45) is 4.96. The van der Waals surface area contributed by atoms with Crippen molar-refractivity contribution in [1.82, 2.24) is 0 Å². The van der Waals surface area contributed by atoms with Gasteiger partial charge in [0.15, 0.2) is 6.29 Å². The molecule has 0 aromatic heterocycles. The van der Waals surface area contributed by atoms with E-state index >= 15 is 0 Å². The topological polar surface area (TPSA) is 75.7 Å². The van der Waals surface area contributed by atoms with Crippen LogP contribution in [0.5, 0.6) is 0 Å². The highest BCUT2D eigenvalue weighted by molar-refractivity contribution is 5.75. The Labute approximate surface area is 99.3 Å². The van der Waals surface area contributed by atoms with Crippen molar-refractivity contribution in [3.63, 3.8) is 0 Å². The number of aliphatic imine (C=N–C) groups is 1. The maximum atomic E-state index is 13.1.